The topological polar surface area (TPSA) is 133 Å². The van der Waals surface area contributed by atoms with E-state index in [1.807, 2.05) is 0 Å². The lowest BCUT2D eigenvalue weighted by atomic mass is 10.1. The van der Waals surface area contributed by atoms with Crippen LogP contribution in [0.3, 0.4) is 0 Å². The summed E-state index contributed by atoms with van der Waals surface area (Å²) in [5.74, 6) is -2.56. The van der Waals surface area contributed by atoms with Crippen molar-refractivity contribution < 1.29 is 52.3 Å². The van der Waals surface area contributed by atoms with Gasteiger partial charge in [-0.1, -0.05) is 26.3 Å². The standard InChI is InChI=1S/C22H30O11/c1-5-18(23)29-11-9-27-15-22(17-32-21(26)8-4,33-14-13-31-20(25)7-3)16-28-10-12-30-19(24)6-2/h5-8H,1-4,9-17H2. The molecule has 11 heteroatoms. The van der Waals surface area contributed by atoms with Gasteiger partial charge in [0.1, 0.15) is 32.0 Å². The molecule has 0 unspecified atom stereocenters. The Morgan fingerprint density at radius 3 is 1.27 bits per heavy atom. The summed E-state index contributed by atoms with van der Waals surface area (Å²) in [4.78, 5) is 45.0. The van der Waals surface area contributed by atoms with E-state index in [0.717, 1.165) is 24.3 Å². The van der Waals surface area contributed by atoms with Crippen LogP contribution in [0, 0.1) is 0 Å². The van der Waals surface area contributed by atoms with Crippen LogP contribution in [-0.4, -0.2) is 88.9 Å². The average molecular weight is 470 g/mol. The van der Waals surface area contributed by atoms with E-state index >= 15 is 0 Å². The Labute approximate surface area is 192 Å². The second-order valence-electron chi connectivity index (χ2n) is 6.06. The Morgan fingerprint density at radius 1 is 0.515 bits per heavy atom. The molecule has 0 saturated heterocycles. The van der Waals surface area contributed by atoms with E-state index in [2.05, 4.69) is 26.3 Å². The maximum absolute atomic E-state index is 11.6. The number of carbonyl (C=O) groups excluding carboxylic acids is 4. The van der Waals surface area contributed by atoms with Gasteiger partial charge in [0.05, 0.1) is 33.0 Å². The second kappa shape index (κ2) is 18.3. The lowest BCUT2D eigenvalue weighted by Crippen LogP contribution is -2.48. The second-order valence-corrected chi connectivity index (χ2v) is 6.06. The molecule has 0 aromatic heterocycles. The smallest absolute Gasteiger partial charge is 0.330 e. The quantitative estimate of drug-likeness (QED) is 0.108. The number of esters is 4. The van der Waals surface area contributed by atoms with Crippen molar-refractivity contribution in [3.63, 3.8) is 0 Å². The molecule has 0 heterocycles. The molecule has 0 aliphatic rings. The zero-order valence-corrected chi connectivity index (χ0v) is 18.5. The van der Waals surface area contributed by atoms with Gasteiger partial charge in [-0.25, -0.2) is 19.2 Å². The van der Waals surface area contributed by atoms with E-state index in [9.17, 15) is 19.2 Å². The predicted octanol–water partition coefficient (Wildman–Crippen LogP) is 0.692. The van der Waals surface area contributed by atoms with Gasteiger partial charge in [-0.3, -0.25) is 0 Å². The largest absolute Gasteiger partial charge is 0.460 e. The third kappa shape index (κ3) is 15.2. The number of ether oxygens (including phenoxy) is 7. The molecule has 0 aliphatic carbocycles. The van der Waals surface area contributed by atoms with Crippen molar-refractivity contribution in [1.29, 1.82) is 0 Å². The third-order valence-corrected chi connectivity index (χ3v) is 3.55. The molecular formula is C22H30O11. The van der Waals surface area contributed by atoms with Crippen LogP contribution >= 0.6 is 0 Å². The highest BCUT2D eigenvalue weighted by Gasteiger charge is 2.34. The molecule has 0 spiro atoms. The summed E-state index contributed by atoms with van der Waals surface area (Å²) in [6.45, 7) is 12.3. The summed E-state index contributed by atoms with van der Waals surface area (Å²) >= 11 is 0. The summed E-state index contributed by atoms with van der Waals surface area (Å²) in [5.41, 5.74) is -1.33. The first-order chi connectivity index (χ1) is 15.8. The number of hydrogen-bond acceptors (Lipinski definition) is 11. The summed E-state index contributed by atoms with van der Waals surface area (Å²) in [7, 11) is 0. The van der Waals surface area contributed by atoms with Crippen molar-refractivity contribution in [2.75, 3.05) is 59.5 Å². The highest BCUT2D eigenvalue weighted by Crippen LogP contribution is 2.15. The molecule has 0 radical (unpaired) electrons. The SMILES string of the molecule is C=CC(=O)OCCOCC(COCCOC(=O)C=C)(COC(=O)C=C)OCCOC(=O)C=C. The van der Waals surface area contributed by atoms with Crippen molar-refractivity contribution in [3.05, 3.63) is 50.6 Å². The molecule has 0 bridgehead atoms. The molecule has 184 valence electrons. The van der Waals surface area contributed by atoms with Crippen LogP contribution in [-0.2, 0) is 52.3 Å². The van der Waals surface area contributed by atoms with Crippen LogP contribution in [0.25, 0.3) is 0 Å². The lowest BCUT2D eigenvalue weighted by molar-refractivity contribution is -0.183. The van der Waals surface area contributed by atoms with Gasteiger partial charge in [0.2, 0.25) is 0 Å². The lowest BCUT2D eigenvalue weighted by Gasteiger charge is -2.32. The van der Waals surface area contributed by atoms with E-state index in [4.69, 9.17) is 33.2 Å². The van der Waals surface area contributed by atoms with Gasteiger partial charge in [0, 0.05) is 24.3 Å². The van der Waals surface area contributed by atoms with E-state index < -0.39 is 29.5 Å². The molecule has 0 fully saturated rings. The van der Waals surface area contributed by atoms with Gasteiger partial charge in [0.25, 0.3) is 0 Å². The van der Waals surface area contributed by atoms with Crippen LogP contribution in [0.5, 0.6) is 0 Å². The van der Waals surface area contributed by atoms with Crippen LogP contribution in [0.4, 0.5) is 0 Å². The van der Waals surface area contributed by atoms with Crippen LogP contribution in [0.2, 0.25) is 0 Å². The van der Waals surface area contributed by atoms with Gasteiger partial charge in [0.15, 0.2) is 0 Å². The van der Waals surface area contributed by atoms with Crippen molar-refractivity contribution in [2.45, 2.75) is 5.60 Å². The van der Waals surface area contributed by atoms with Crippen LogP contribution in [0.1, 0.15) is 0 Å². The zero-order valence-electron chi connectivity index (χ0n) is 18.5. The third-order valence-electron chi connectivity index (χ3n) is 3.55. The summed E-state index contributed by atoms with van der Waals surface area (Å²) in [5, 5.41) is 0. The van der Waals surface area contributed by atoms with Gasteiger partial charge in [-0.2, -0.15) is 0 Å². The zero-order chi connectivity index (χ0) is 25.0. The first kappa shape index (κ1) is 29.7. The molecule has 0 atom stereocenters. The average Bonchev–Trinajstić information content (AvgIpc) is 2.83. The van der Waals surface area contributed by atoms with E-state index in [0.29, 0.717) is 0 Å². The van der Waals surface area contributed by atoms with E-state index in [1.165, 1.54) is 0 Å². The molecule has 0 rings (SSSR count). The van der Waals surface area contributed by atoms with Crippen molar-refractivity contribution in [1.82, 2.24) is 0 Å². The molecule has 0 aliphatic heterocycles. The molecule has 0 aromatic rings. The number of carbonyl (C=O) groups is 4. The monoisotopic (exact) mass is 470 g/mol. The van der Waals surface area contributed by atoms with Gasteiger partial charge in [-0.15, -0.1) is 0 Å². The van der Waals surface area contributed by atoms with Crippen molar-refractivity contribution in [3.8, 4) is 0 Å². The number of rotatable bonds is 20. The fraction of sp³-hybridized carbons (Fsp3) is 0.455. The maximum Gasteiger partial charge on any atom is 0.330 e. The van der Waals surface area contributed by atoms with Crippen LogP contribution < -0.4 is 0 Å². The minimum atomic E-state index is -1.33. The van der Waals surface area contributed by atoms with Crippen molar-refractivity contribution in [2.24, 2.45) is 0 Å². The Kier molecular flexibility index (Phi) is 16.5. The maximum atomic E-state index is 11.6. The minimum Gasteiger partial charge on any atom is -0.460 e. The van der Waals surface area contributed by atoms with E-state index in [-0.39, 0.29) is 59.5 Å². The highest BCUT2D eigenvalue weighted by atomic mass is 16.6. The van der Waals surface area contributed by atoms with Crippen molar-refractivity contribution >= 4 is 23.9 Å². The summed E-state index contributed by atoms with van der Waals surface area (Å²) < 4.78 is 36.5. The first-order valence-corrected chi connectivity index (χ1v) is 9.78. The molecule has 0 N–H and O–H groups in total. The fourth-order valence-corrected chi connectivity index (χ4v) is 2.01. The van der Waals surface area contributed by atoms with Gasteiger partial charge >= 0.3 is 23.9 Å². The molecule has 11 nitrogen and oxygen atoms in total. The van der Waals surface area contributed by atoms with Gasteiger partial charge < -0.3 is 33.2 Å². The predicted molar refractivity (Wildman–Crippen MR) is 115 cm³/mol. The van der Waals surface area contributed by atoms with Crippen LogP contribution in [0.15, 0.2) is 50.6 Å². The molecule has 0 amide bonds. The Balaban J connectivity index is 5.08. The fourth-order valence-electron chi connectivity index (χ4n) is 2.01. The molecule has 33 heavy (non-hydrogen) atoms. The minimum absolute atomic E-state index is 0.00247. The number of hydrogen-bond donors (Lipinski definition) is 0. The molecule has 0 aromatic carbocycles. The Bertz CT molecular complexity index is 654. The molecule has 0 saturated carbocycles. The summed E-state index contributed by atoms with van der Waals surface area (Å²) in [6.07, 6.45) is 4.00. The normalized spacial score (nSPS) is 10.4. The highest BCUT2D eigenvalue weighted by molar-refractivity contribution is 5.82. The first-order valence-electron chi connectivity index (χ1n) is 9.78. The van der Waals surface area contributed by atoms with E-state index in [1.54, 1.807) is 0 Å². The Hall–Kier alpha value is -3.28. The Morgan fingerprint density at radius 2 is 0.879 bits per heavy atom. The molecular weight excluding hydrogens is 440 g/mol. The van der Waals surface area contributed by atoms with Gasteiger partial charge in [-0.05, 0) is 0 Å². The summed E-state index contributed by atoms with van der Waals surface area (Å²) in [6, 6.07) is 0.